The summed E-state index contributed by atoms with van der Waals surface area (Å²) in [4.78, 5) is 14.7. The van der Waals surface area contributed by atoms with Crippen molar-refractivity contribution in [2.24, 2.45) is 5.92 Å². The molecule has 240 valence electrons. The molecule has 0 radical (unpaired) electrons. The number of alkyl halides is 9. The van der Waals surface area contributed by atoms with Crippen molar-refractivity contribution in [3.8, 4) is 0 Å². The molecule has 6 nitrogen and oxygen atoms in total. The number of hydrogen-bond donors (Lipinski definition) is 0. The van der Waals surface area contributed by atoms with Crippen molar-refractivity contribution in [3.05, 3.63) is 0 Å². The van der Waals surface area contributed by atoms with Gasteiger partial charge < -0.3 is 0 Å². The van der Waals surface area contributed by atoms with E-state index in [1.165, 1.54) is 104 Å². The summed E-state index contributed by atoms with van der Waals surface area (Å²) in [5.41, 5.74) is 0. The number of ether oxygens (including phenoxy) is 1. The number of morpholine rings is 1. The van der Waals surface area contributed by atoms with Gasteiger partial charge in [-0.15, -0.1) is 0 Å². The minimum atomic E-state index is 0.128. The van der Waals surface area contributed by atoms with Crippen LogP contribution in [0.3, 0.4) is 0 Å². The Morgan fingerprint density at radius 2 is 1.25 bits per heavy atom. The van der Waals surface area contributed by atoms with Gasteiger partial charge in [-0.25, -0.2) is 0 Å². The van der Waals surface area contributed by atoms with Gasteiger partial charge in [-0.2, -0.15) is 0 Å². The van der Waals surface area contributed by atoms with Crippen LogP contribution in [0, 0.1) is 5.92 Å². The summed E-state index contributed by atoms with van der Waals surface area (Å²) in [6, 6.07) is 0. The second-order valence-electron chi connectivity index (χ2n) is 12.1. The van der Waals surface area contributed by atoms with Crippen LogP contribution >= 0.6 is 22.6 Å². The number of rotatable bonds is 14. The summed E-state index contributed by atoms with van der Waals surface area (Å²) in [5, 5.41) is 0. The van der Waals surface area contributed by atoms with E-state index in [1.807, 2.05) is 0 Å². The average molecular weight is 1120 g/mol. The number of halogens is 5. The number of nitrogens with zero attached hydrogens (tertiary/aromatic N) is 5. The van der Waals surface area contributed by atoms with E-state index in [0.717, 1.165) is 46.5 Å². The van der Waals surface area contributed by atoms with Crippen LogP contribution in [0.15, 0.2) is 0 Å². The molecule has 0 bridgehead atoms. The molecule has 0 amide bonds. The van der Waals surface area contributed by atoms with Gasteiger partial charge in [-0.05, 0) is 0 Å². The third kappa shape index (κ3) is 10.7. The Kier molecular flexibility index (Phi) is 16.2. The second-order valence-corrected chi connectivity index (χ2v) is 33.5. The molecule has 0 aromatic heterocycles. The van der Waals surface area contributed by atoms with E-state index >= 15 is 0 Å². The minimum absolute atomic E-state index is 0.128. The summed E-state index contributed by atoms with van der Waals surface area (Å²) < 4.78 is 12.0. The Morgan fingerprint density at radius 1 is 0.650 bits per heavy atom. The van der Waals surface area contributed by atoms with Crippen LogP contribution in [0.4, 0.5) is 0 Å². The number of likely N-dealkylation sites (tertiary alicyclic amines) is 4. The molecular weight excluding hydrogens is 1070 g/mol. The van der Waals surface area contributed by atoms with E-state index in [4.69, 9.17) is 4.74 Å². The Balaban J connectivity index is 1.27. The van der Waals surface area contributed by atoms with Gasteiger partial charge in [0.05, 0.1) is 0 Å². The zero-order valence-corrected chi connectivity index (χ0v) is 35.6. The molecule has 5 aliphatic heterocycles. The predicted octanol–water partition coefficient (Wildman–Crippen LogP) is -8.35. The van der Waals surface area contributed by atoms with Gasteiger partial charge >= 0.3 is 305 Å². The van der Waals surface area contributed by atoms with Crippen molar-refractivity contribution >= 4 is 22.6 Å². The van der Waals surface area contributed by atoms with Crippen LogP contribution in [-0.2, 0) is 4.74 Å². The fourth-order valence-electron chi connectivity index (χ4n) is 6.10. The van der Waals surface area contributed by atoms with Crippen LogP contribution in [0.25, 0.3) is 0 Å². The molecule has 5 saturated heterocycles. The summed E-state index contributed by atoms with van der Waals surface area (Å²) in [6.07, 6.45) is 11.6. The summed E-state index contributed by atoms with van der Waals surface area (Å²) in [6.45, 7) is 20.5. The van der Waals surface area contributed by atoms with Crippen LogP contribution in [0.2, 0.25) is 0 Å². The number of piperidine rings is 2. The van der Waals surface area contributed by atoms with Crippen LogP contribution < -0.4 is 84.8 Å². The molecule has 0 spiro atoms. The summed E-state index contributed by atoms with van der Waals surface area (Å²) in [5.74, 6) is 0.935. The van der Waals surface area contributed by atoms with Crippen LogP contribution in [-0.4, -0.2) is 122 Å². The maximum absolute atomic E-state index is 5.73. The molecule has 0 saturated carbocycles. The van der Waals surface area contributed by atoms with E-state index in [0.29, 0.717) is 0 Å². The van der Waals surface area contributed by atoms with Gasteiger partial charge in [-0.3, -0.25) is 0 Å². The molecule has 11 heteroatoms. The molecule has 5 aliphatic rings. The van der Waals surface area contributed by atoms with Crippen LogP contribution in [0.5, 0.6) is 0 Å². The molecule has 5 heterocycles. The Bertz CT molecular complexity index is 713. The van der Waals surface area contributed by atoms with E-state index in [-0.39, 0.29) is 84.8 Å². The van der Waals surface area contributed by atoms with Gasteiger partial charge in [0.1, 0.15) is 0 Å². The van der Waals surface area contributed by atoms with E-state index in [2.05, 4.69) is 60.9 Å². The summed E-state index contributed by atoms with van der Waals surface area (Å²) in [7, 11) is 0. The normalized spacial score (nSPS) is 29.6. The third-order valence-electron chi connectivity index (χ3n) is 9.10. The molecule has 5 fully saturated rings. The zero-order valence-electron chi connectivity index (χ0n) is 24.8. The molecule has 40 heavy (non-hydrogen) atoms. The Hall–Kier alpha value is 3.41. The first-order chi connectivity index (χ1) is 19.6. The first-order valence-electron chi connectivity index (χ1n) is 15.9. The van der Waals surface area contributed by atoms with Gasteiger partial charge in [0.25, 0.3) is 0 Å². The van der Waals surface area contributed by atoms with Crippen molar-refractivity contribution in [2.75, 3.05) is 83.1 Å². The second kappa shape index (κ2) is 18.7. The third-order valence-corrected chi connectivity index (χ3v) is 33.4. The standard InChI is InChI=1S/C29H54I5N5O/c1-24-9-17-39(18-10-24)29(34-27(30)37-19-21-40-22-20-37)33-26(36-11-4-3-5-12-36)23-31-28(38-13-6-7-14-38)32-25(2)35-15-8-16-35/h24-29H,3-23H2,1-2H3/q-4. The first-order valence-corrected chi connectivity index (χ1v) is 27.4. The van der Waals surface area contributed by atoms with Gasteiger partial charge in [0, 0.05) is 0 Å². The molecule has 0 N–H and O–H groups in total. The first kappa shape index (κ1) is 34.7. The van der Waals surface area contributed by atoms with Crippen LogP contribution in [0.1, 0.15) is 65.2 Å². The van der Waals surface area contributed by atoms with Gasteiger partial charge in [0.2, 0.25) is 0 Å². The van der Waals surface area contributed by atoms with Crippen molar-refractivity contribution in [1.82, 2.24) is 24.5 Å². The zero-order chi connectivity index (χ0) is 27.7. The maximum atomic E-state index is 5.73. The Morgan fingerprint density at radius 3 is 1.90 bits per heavy atom. The van der Waals surface area contributed by atoms with E-state index < -0.39 is 0 Å². The molecule has 0 aromatic rings. The SMILES string of the molecule is CC1CCN(C([I-]C(I)N2CCOCC2)[I-]C(C[I-]C([I-]C(C)N2CCC2)N2CCCC2)N2CCCCC2)CC1. The quantitative estimate of drug-likeness (QED) is 0.0977. The molecular formula is C29H54I5N5O-4. The van der Waals surface area contributed by atoms with Crippen molar-refractivity contribution < 1.29 is 89.6 Å². The topological polar surface area (TPSA) is 25.4 Å². The molecule has 0 aromatic carbocycles. The molecule has 5 atom stereocenters. The van der Waals surface area contributed by atoms with Gasteiger partial charge in [0.15, 0.2) is 0 Å². The van der Waals surface area contributed by atoms with E-state index in [9.17, 15) is 0 Å². The van der Waals surface area contributed by atoms with Crippen molar-refractivity contribution in [1.29, 1.82) is 0 Å². The Labute approximate surface area is 301 Å². The number of hydrogen-bond acceptors (Lipinski definition) is 6. The molecule has 0 aliphatic carbocycles. The molecule has 5 rings (SSSR count). The summed E-state index contributed by atoms with van der Waals surface area (Å²) >= 11 is 3.63. The van der Waals surface area contributed by atoms with E-state index in [1.54, 1.807) is 4.43 Å². The fourth-order valence-corrected chi connectivity index (χ4v) is 35.7. The predicted molar refractivity (Wildman–Crippen MR) is 158 cm³/mol. The van der Waals surface area contributed by atoms with Crippen molar-refractivity contribution in [2.45, 2.75) is 79.5 Å². The monoisotopic (exact) mass is 1120 g/mol. The fraction of sp³-hybridized carbons (Fsp3) is 1.00. The molecule has 5 unspecified atom stereocenters. The average Bonchev–Trinajstić information content (AvgIpc) is 3.49. The van der Waals surface area contributed by atoms with Gasteiger partial charge in [-0.1, -0.05) is 0 Å². The van der Waals surface area contributed by atoms with Crippen molar-refractivity contribution in [3.63, 3.8) is 0 Å².